The van der Waals surface area contributed by atoms with Crippen molar-refractivity contribution in [2.24, 2.45) is 29.6 Å². The molecule has 6 unspecified atom stereocenters. The van der Waals surface area contributed by atoms with E-state index < -0.39 is 0 Å². The van der Waals surface area contributed by atoms with Crippen LogP contribution in [0.15, 0.2) is 30.5 Å². The Morgan fingerprint density at radius 3 is 2.91 bits per heavy atom. The molecule has 0 aromatic carbocycles. The maximum absolute atomic E-state index is 12.2. The van der Waals surface area contributed by atoms with E-state index in [1.807, 2.05) is 31.2 Å². The number of ether oxygens (including phenoxy) is 1. The summed E-state index contributed by atoms with van der Waals surface area (Å²) in [6.45, 7) is 4.30. The summed E-state index contributed by atoms with van der Waals surface area (Å²) in [7, 11) is 0. The van der Waals surface area contributed by atoms with Crippen LogP contribution in [0.3, 0.4) is 0 Å². The molecule has 23 heavy (non-hydrogen) atoms. The predicted octanol–water partition coefficient (Wildman–Crippen LogP) is 2.93. The molecule has 1 aliphatic heterocycles. The van der Waals surface area contributed by atoms with Gasteiger partial charge in [0.2, 0.25) is 0 Å². The van der Waals surface area contributed by atoms with Gasteiger partial charge in [-0.05, 0) is 49.3 Å². The van der Waals surface area contributed by atoms with Gasteiger partial charge in [0.1, 0.15) is 6.10 Å². The van der Waals surface area contributed by atoms with Crippen molar-refractivity contribution in [3.63, 3.8) is 0 Å². The van der Waals surface area contributed by atoms with E-state index in [0.717, 1.165) is 18.5 Å². The molecular formula is C19H25NO3. The summed E-state index contributed by atoms with van der Waals surface area (Å²) in [6.07, 6.45) is 7.69. The molecular weight excluding hydrogens is 290 g/mol. The first-order valence-corrected chi connectivity index (χ1v) is 8.56. The molecule has 2 heterocycles. The van der Waals surface area contributed by atoms with Crippen LogP contribution in [0.25, 0.3) is 6.08 Å². The lowest BCUT2D eigenvalue weighted by Crippen LogP contribution is -2.42. The quantitative estimate of drug-likeness (QED) is 0.868. The number of allylic oxidation sites excluding steroid dienone is 1. The summed E-state index contributed by atoms with van der Waals surface area (Å²) in [4.78, 5) is 16.5. The van der Waals surface area contributed by atoms with Crippen molar-refractivity contribution >= 4 is 12.0 Å². The number of aliphatic hydroxyl groups is 1. The van der Waals surface area contributed by atoms with Crippen molar-refractivity contribution in [1.29, 1.82) is 0 Å². The number of esters is 1. The largest absolute Gasteiger partial charge is 0.462 e. The molecule has 4 heteroatoms. The minimum Gasteiger partial charge on any atom is -0.462 e. The molecule has 4 nitrogen and oxygen atoms in total. The lowest BCUT2D eigenvalue weighted by atomic mass is 9.60. The van der Waals surface area contributed by atoms with Crippen molar-refractivity contribution < 1.29 is 14.6 Å². The van der Waals surface area contributed by atoms with Gasteiger partial charge in [0, 0.05) is 18.7 Å². The number of nitrogens with zero attached hydrogens (tertiary/aromatic N) is 1. The number of hydrogen-bond acceptors (Lipinski definition) is 4. The van der Waals surface area contributed by atoms with Gasteiger partial charge >= 0.3 is 5.97 Å². The molecule has 0 bridgehead atoms. The van der Waals surface area contributed by atoms with Crippen molar-refractivity contribution in [2.45, 2.75) is 32.8 Å². The number of carbonyl (C=O) groups excluding carboxylic acids is 1. The van der Waals surface area contributed by atoms with Crippen molar-refractivity contribution in [2.75, 3.05) is 6.61 Å². The van der Waals surface area contributed by atoms with Gasteiger partial charge in [0.15, 0.2) is 0 Å². The average Bonchev–Trinajstić information content (AvgIpc) is 2.86. The molecule has 2 fully saturated rings. The summed E-state index contributed by atoms with van der Waals surface area (Å²) < 4.78 is 5.51. The van der Waals surface area contributed by atoms with E-state index in [-0.39, 0.29) is 42.4 Å². The molecule has 0 spiro atoms. The zero-order valence-electron chi connectivity index (χ0n) is 13.8. The van der Waals surface area contributed by atoms with Crippen LogP contribution in [0.4, 0.5) is 0 Å². The van der Waals surface area contributed by atoms with Gasteiger partial charge in [-0.25, -0.2) is 0 Å². The minimum absolute atomic E-state index is 0.0559. The Bertz CT molecular complexity index is 571. The summed E-state index contributed by atoms with van der Waals surface area (Å²) in [6, 6.07) is 5.84. The first-order chi connectivity index (χ1) is 11.2. The molecule has 3 rings (SSSR count). The highest BCUT2D eigenvalue weighted by Crippen LogP contribution is 2.50. The SMILES string of the molecule is CCC1C(CO)CC2C(=O)OC(C)C2C1/C=C/c1ccccn1. The first-order valence-electron chi connectivity index (χ1n) is 8.56. The Balaban J connectivity index is 1.91. The molecule has 124 valence electrons. The fourth-order valence-corrected chi connectivity index (χ4v) is 4.54. The molecule has 1 saturated heterocycles. The highest BCUT2D eigenvalue weighted by Gasteiger charge is 2.52. The number of hydrogen-bond donors (Lipinski definition) is 1. The van der Waals surface area contributed by atoms with E-state index in [4.69, 9.17) is 4.74 Å². The highest BCUT2D eigenvalue weighted by atomic mass is 16.6. The monoisotopic (exact) mass is 315 g/mol. The fraction of sp³-hybridized carbons (Fsp3) is 0.579. The lowest BCUT2D eigenvalue weighted by Gasteiger charge is -2.42. The molecule has 1 N–H and O–H groups in total. The number of rotatable bonds is 4. The van der Waals surface area contributed by atoms with Crippen molar-refractivity contribution in [3.8, 4) is 0 Å². The second kappa shape index (κ2) is 6.83. The van der Waals surface area contributed by atoms with Gasteiger partial charge < -0.3 is 9.84 Å². The molecule has 1 aromatic rings. The molecule has 2 aliphatic rings. The summed E-state index contributed by atoms with van der Waals surface area (Å²) in [5, 5.41) is 9.78. The van der Waals surface area contributed by atoms with Crippen LogP contribution in [0.1, 0.15) is 32.4 Å². The topological polar surface area (TPSA) is 59.4 Å². The molecule has 1 aromatic heterocycles. The van der Waals surface area contributed by atoms with Gasteiger partial charge in [-0.3, -0.25) is 9.78 Å². The van der Waals surface area contributed by atoms with Crippen LogP contribution >= 0.6 is 0 Å². The van der Waals surface area contributed by atoms with Crippen LogP contribution in [-0.4, -0.2) is 28.8 Å². The van der Waals surface area contributed by atoms with E-state index in [9.17, 15) is 9.90 Å². The Hall–Kier alpha value is -1.68. The number of fused-ring (bicyclic) bond motifs is 1. The van der Waals surface area contributed by atoms with E-state index in [2.05, 4.69) is 18.0 Å². The minimum atomic E-state index is -0.0910. The maximum atomic E-state index is 12.2. The standard InChI is InChI=1S/C19H25NO3/c1-3-15-13(11-21)10-17-18(12(2)23-19(17)22)16(15)8-7-14-6-4-5-9-20-14/h4-9,12-13,15-18,21H,3,10-11H2,1-2H3/b8-7+. The number of aliphatic hydroxyl groups excluding tert-OH is 1. The van der Waals surface area contributed by atoms with E-state index in [0.29, 0.717) is 5.92 Å². The maximum Gasteiger partial charge on any atom is 0.309 e. The second-order valence-electron chi connectivity index (χ2n) is 6.77. The smallest absolute Gasteiger partial charge is 0.309 e. The van der Waals surface area contributed by atoms with E-state index in [1.165, 1.54) is 0 Å². The van der Waals surface area contributed by atoms with Crippen molar-refractivity contribution in [3.05, 3.63) is 36.2 Å². The van der Waals surface area contributed by atoms with Crippen molar-refractivity contribution in [1.82, 2.24) is 4.98 Å². The van der Waals surface area contributed by atoms with Gasteiger partial charge in [0.05, 0.1) is 11.6 Å². The molecule has 6 atom stereocenters. The Labute approximate surface area is 137 Å². The first kappa shape index (κ1) is 16.2. The van der Waals surface area contributed by atoms with Gasteiger partial charge in [0.25, 0.3) is 0 Å². The normalized spacial score (nSPS) is 36.9. The third kappa shape index (κ3) is 3.05. The van der Waals surface area contributed by atoms with Crippen LogP contribution in [0, 0.1) is 29.6 Å². The highest BCUT2D eigenvalue weighted by molar-refractivity contribution is 5.75. The van der Waals surface area contributed by atoms with Crippen LogP contribution < -0.4 is 0 Å². The molecule has 0 amide bonds. The summed E-state index contributed by atoms with van der Waals surface area (Å²) >= 11 is 0. The number of cyclic esters (lactones) is 1. The summed E-state index contributed by atoms with van der Waals surface area (Å²) in [5.74, 6) is 0.806. The number of aromatic nitrogens is 1. The molecule has 1 aliphatic carbocycles. The number of pyridine rings is 1. The second-order valence-corrected chi connectivity index (χ2v) is 6.77. The fourth-order valence-electron chi connectivity index (χ4n) is 4.54. The third-order valence-corrected chi connectivity index (χ3v) is 5.60. The zero-order chi connectivity index (χ0) is 16.4. The zero-order valence-corrected chi connectivity index (χ0v) is 13.8. The van der Waals surface area contributed by atoms with Gasteiger partial charge in [-0.15, -0.1) is 0 Å². The van der Waals surface area contributed by atoms with Crippen LogP contribution in [0.2, 0.25) is 0 Å². The molecule has 1 saturated carbocycles. The van der Waals surface area contributed by atoms with Crippen LogP contribution in [-0.2, 0) is 9.53 Å². The van der Waals surface area contributed by atoms with Gasteiger partial charge in [-0.1, -0.05) is 25.5 Å². The van der Waals surface area contributed by atoms with E-state index >= 15 is 0 Å². The van der Waals surface area contributed by atoms with Gasteiger partial charge in [-0.2, -0.15) is 0 Å². The third-order valence-electron chi connectivity index (χ3n) is 5.60. The molecule has 0 radical (unpaired) electrons. The Morgan fingerprint density at radius 2 is 2.26 bits per heavy atom. The summed E-state index contributed by atoms with van der Waals surface area (Å²) in [5.41, 5.74) is 0.919. The predicted molar refractivity (Wildman–Crippen MR) is 88.3 cm³/mol. The van der Waals surface area contributed by atoms with E-state index in [1.54, 1.807) is 6.20 Å². The number of carbonyl (C=O) groups is 1. The average molecular weight is 315 g/mol. The van der Waals surface area contributed by atoms with Crippen LogP contribution in [0.5, 0.6) is 0 Å². The Morgan fingerprint density at radius 1 is 1.43 bits per heavy atom. The lowest BCUT2D eigenvalue weighted by molar-refractivity contribution is -0.144. The Kier molecular flexibility index (Phi) is 4.81.